The number of carbonyl (C=O) groups excluding carboxylic acids is 1. The lowest BCUT2D eigenvalue weighted by atomic mass is 10.4. The third-order valence-electron chi connectivity index (χ3n) is 2.39. The Labute approximate surface area is 77.3 Å². The second-order valence-electron chi connectivity index (χ2n) is 3.24. The van der Waals surface area contributed by atoms with E-state index in [0.717, 1.165) is 37.3 Å². The van der Waals surface area contributed by atoms with Crippen LogP contribution in [0.5, 0.6) is 0 Å². The molecule has 2 aliphatic rings. The molecule has 0 radical (unpaired) electrons. The molecule has 0 aromatic heterocycles. The van der Waals surface area contributed by atoms with Crippen LogP contribution in [0.3, 0.4) is 0 Å². The summed E-state index contributed by atoms with van der Waals surface area (Å²) in [4.78, 5) is 12.3. The average molecular weight is 184 g/mol. The Kier molecular flexibility index (Phi) is 2.00. The molecule has 2 fully saturated rings. The van der Waals surface area contributed by atoms with Gasteiger partial charge in [-0.1, -0.05) is 12.2 Å². The third-order valence-corrected chi connectivity index (χ3v) is 2.80. The largest absolute Gasteiger partial charge is 0.276 e. The monoisotopic (exact) mass is 184 g/mol. The molecule has 4 heteroatoms. The molecule has 2 heterocycles. The molecule has 0 bridgehead atoms. The molecule has 0 spiro atoms. The summed E-state index contributed by atoms with van der Waals surface area (Å²) in [6.07, 6.45) is 3.75. The Bertz CT molecular complexity index is 205. The highest BCUT2D eigenvalue weighted by molar-refractivity contribution is 7.80. The van der Waals surface area contributed by atoms with Crippen molar-refractivity contribution >= 4 is 23.1 Å². The Balaban J connectivity index is 2.08. The van der Waals surface area contributed by atoms with E-state index in [2.05, 4.69) is 0 Å². The van der Waals surface area contributed by atoms with Crippen molar-refractivity contribution in [2.24, 2.45) is 0 Å². The van der Waals surface area contributed by atoms with Gasteiger partial charge in [0.15, 0.2) is 0 Å². The predicted octanol–water partition coefficient (Wildman–Crippen LogP) is 0.947. The van der Waals surface area contributed by atoms with Crippen LogP contribution in [0, 0.1) is 0 Å². The Morgan fingerprint density at radius 2 is 1.75 bits per heavy atom. The molecule has 2 saturated heterocycles. The minimum absolute atomic E-state index is 0.235. The van der Waals surface area contributed by atoms with Gasteiger partial charge in [-0.2, -0.15) is 0 Å². The fourth-order valence-electron chi connectivity index (χ4n) is 1.78. The van der Waals surface area contributed by atoms with Crippen molar-refractivity contribution in [2.75, 3.05) is 13.1 Å². The Morgan fingerprint density at radius 3 is 2.25 bits per heavy atom. The summed E-state index contributed by atoms with van der Waals surface area (Å²) in [6.45, 7) is 1.80. The summed E-state index contributed by atoms with van der Waals surface area (Å²) < 4.78 is 0. The SMILES string of the molecule is O=C1CCCN1N1CCCC1=S. The molecule has 2 rings (SSSR count). The van der Waals surface area contributed by atoms with E-state index in [0.29, 0.717) is 6.42 Å². The van der Waals surface area contributed by atoms with E-state index in [4.69, 9.17) is 12.2 Å². The third kappa shape index (κ3) is 1.20. The second kappa shape index (κ2) is 3.01. The molecule has 0 aromatic rings. The van der Waals surface area contributed by atoms with Gasteiger partial charge in [0.25, 0.3) is 0 Å². The number of amides is 1. The van der Waals surface area contributed by atoms with Gasteiger partial charge in [-0.25, -0.2) is 0 Å². The maximum Gasteiger partial charge on any atom is 0.241 e. The minimum Gasteiger partial charge on any atom is -0.276 e. The molecule has 0 unspecified atom stereocenters. The molecule has 0 atom stereocenters. The van der Waals surface area contributed by atoms with Crippen LogP contribution in [0.4, 0.5) is 0 Å². The van der Waals surface area contributed by atoms with Crippen molar-refractivity contribution in [1.29, 1.82) is 0 Å². The van der Waals surface area contributed by atoms with Gasteiger partial charge in [0, 0.05) is 25.9 Å². The van der Waals surface area contributed by atoms with Gasteiger partial charge in [0.05, 0.1) is 4.99 Å². The van der Waals surface area contributed by atoms with Crippen LogP contribution in [0.15, 0.2) is 0 Å². The number of hydrogen-bond acceptors (Lipinski definition) is 2. The van der Waals surface area contributed by atoms with Crippen LogP contribution >= 0.6 is 12.2 Å². The zero-order valence-electron chi connectivity index (χ0n) is 6.95. The van der Waals surface area contributed by atoms with E-state index in [1.807, 2.05) is 10.0 Å². The van der Waals surface area contributed by atoms with Crippen LogP contribution in [0.2, 0.25) is 0 Å². The molecular formula is C8H12N2OS. The first-order valence-corrected chi connectivity index (χ1v) is 4.80. The second-order valence-corrected chi connectivity index (χ2v) is 3.71. The molecule has 12 heavy (non-hydrogen) atoms. The van der Waals surface area contributed by atoms with E-state index in [-0.39, 0.29) is 5.91 Å². The van der Waals surface area contributed by atoms with E-state index < -0.39 is 0 Å². The van der Waals surface area contributed by atoms with Crippen molar-refractivity contribution in [3.63, 3.8) is 0 Å². The van der Waals surface area contributed by atoms with Crippen LogP contribution in [-0.2, 0) is 4.79 Å². The lowest BCUT2D eigenvalue weighted by molar-refractivity contribution is -0.136. The van der Waals surface area contributed by atoms with E-state index in [1.54, 1.807) is 0 Å². The fraction of sp³-hybridized carbons (Fsp3) is 0.750. The van der Waals surface area contributed by atoms with Gasteiger partial charge in [0.2, 0.25) is 5.91 Å². The van der Waals surface area contributed by atoms with Gasteiger partial charge in [0.1, 0.15) is 0 Å². The van der Waals surface area contributed by atoms with E-state index >= 15 is 0 Å². The molecule has 0 aromatic carbocycles. The van der Waals surface area contributed by atoms with E-state index in [9.17, 15) is 4.79 Å². The zero-order chi connectivity index (χ0) is 8.55. The predicted molar refractivity (Wildman–Crippen MR) is 49.5 cm³/mol. The number of rotatable bonds is 1. The van der Waals surface area contributed by atoms with Crippen LogP contribution in [0.1, 0.15) is 25.7 Å². The van der Waals surface area contributed by atoms with Crippen molar-refractivity contribution < 1.29 is 4.79 Å². The number of carbonyl (C=O) groups is 1. The maximum atomic E-state index is 11.3. The van der Waals surface area contributed by atoms with Crippen molar-refractivity contribution in [2.45, 2.75) is 25.7 Å². The summed E-state index contributed by atoms with van der Waals surface area (Å²) in [5.74, 6) is 0.235. The quantitative estimate of drug-likeness (QED) is 0.567. The number of hydrogen-bond donors (Lipinski definition) is 0. The Morgan fingerprint density at radius 1 is 1.08 bits per heavy atom. The summed E-state index contributed by atoms with van der Waals surface area (Å²) in [6, 6.07) is 0. The lowest BCUT2D eigenvalue weighted by Crippen LogP contribution is -2.43. The van der Waals surface area contributed by atoms with Crippen LogP contribution in [0.25, 0.3) is 0 Å². The highest BCUT2D eigenvalue weighted by Crippen LogP contribution is 2.19. The minimum atomic E-state index is 0.235. The fourth-order valence-corrected chi connectivity index (χ4v) is 2.11. The van der Waals surface area contributed by atoms with Crippen molar-refractivity contribution in [3.05, 3.63) is 0 Å². The highest BCUT2D eigenvalue weighted by atomic mass is 32.1. The number of hydrazine groups is 1. The van der Waals surface area contributed by atoms with Gasteiger partial charge in [-0.15, -0.1) is 0 Å². The first-order chi connectivity index (χ1) is 5.79. The maximum absolute atomic E-state index is 11.3. The number of nitrogens with zero attached hydrogens (tertiary/aromatic N) is 2. The Hall–Kier alpha value is -0.640. The molecule has 66 valence electrons. The van der Waals surface area contributed by atoms with Gasteiger partial charge < -0.3 is 0 Å². The molecule has 1 amide bonds. The smallest absolute Gasteiger partial charge is 0.241 e. The summed E-state index contributed by atoms with van der Waals surface area (Å²) >= 11 is 5.16. The van der Waals surface area contributed by atoms with Gasteiger partial charge in [-0.05, 0) is 12.8 Å². The molecule has 0 aliphatic carbocycles. The molecule has 3 nitrogen and oxygen atoms in total. The van der Waals surface area contributed by atoms with Gasteiger partial charge in [-0.3, -0.25) is 14.8 Å². The standard InChI is InChI=1S/C8H12N2OS/c11-7-3-1-5-9(7)10-6-2-4-8(10)12/h1-6H2. The summed E-state index contributed by atoms with van der Waals surface area (Å²) in [5, 5.41) is 3.79. The molecule has 0 saturated carbocycles. The summed E-state index contributed by atoms with van der Waals surface area (Å²) in [5.41, 5.74) is 0. The van der Waals surface area contributed by atoms with Crippen LogP contribution < -0.4 is 0 Å². The topological polar surface area (TPSA) is 23.6 Å². The van der Waals surface area contributed by atoms with Gasteiger partial charge >= 0.3 is 0 Å². The molecule has 2 aliphatic heterocycles. The van der Waals surface area contributed by atoms with Crippen molar-refractivity contribution in [1.82, 2.24) is 10.0 Å². The van der Waals surface area contributed by atoms with Crippen molar-refractivity contribution in [3.8, 4) is 0 Å². The lowest BCUT2D eigenvalue weighted by Gasteiger charge is -2.28. The first kappa shape index (κ1) is 7.98. The van der Waals surface area contributed by atoms with Crippen LogP contribution in [-0.4, -0.2) is 34.0 Å². The summed E-state index contributed by atoms with van der Waals surface area (Å²) in [7, 11) is 0. The molecule has 0 N–H and O–H groups in total. The molecular weight excluding hydrogens is 172 g/mol. The van der Waals surface area contributed by atoms with E-state index in [1.165, 1.54) is 0 Å². The number of thiocarbonyl (C=S) groups is 1. The highest BCUT2D eigenvalue weighted by Gasteiger charge is 2.30. The normalized spacial score (nSPS) is 24.3. The average Bonchev–Trinajstić information content (AvgIpc) is 2.59. The zero-order valence-corrected chi connectivity index (χ0v) is 7.77. The first-order valence-electron chi connectivity index (χ1n) is 4.40.